The van der Waals surface area contributed by atoms with E-state index in [0.29, 0.717) is 12.3 Å². The maximum absolute atomic E-state index is 12.5. The average Bonchev–Trinajstić information content (AvgIpc) is 2.60. The number of anilines is 1. The summed E-state index contributed by atoms with van der Waals surface area (Å²) in [5.74, 6) is 1.20. The maximum Gasteiger partial charge on any atom is 0.251 e. The lowest BCUT2D eigenvalue weighted by atomic mass is 10.0. The molecule has 3 heteroatoms. The summed E-state index contributed by atoms with van der Waals surface area (Å²) >= 11 is 0. The Morgan fingerprint density at radius 2 is 1.71 bits per heavy atom. The zero-order valence-electron chi connectivity index (χ0n) is 14.8. The molecule has 0 aliphatic rings. The summed E-state index contributed by atoms with van der Waals surface area (Å²) in [6, 6.07) is 15.7. The van der Waals surface area contributed by atoms with E-state index in [1.807, 2.05) is 37.3 Å². The van der Waals surface area contributed by atoms with Crippen molar-refractivity contribution in [3.63, 3.8) is 0 Å². The second-order valence-electron chi connectivity index (χ2n) is 6.03. The third-order valence-electron chi connectivity index (χ3n) is 3.96. The van der Waals surface area contributed by atoms with E-state index in [1.165, 1.54) is 5.56 Å². The van der Waals surface area contributed by atoms with E-state index in [9.17, 15) is 4.79 Å². The van der Waals surface area contributed by atoms with E-state index < -0.39 is 0 Å². The van der Waals surface area contributed by atoms with Crippen LogP contribution in [0.15, 0.2) is 54.1 Å². The lowest BCUT2D eigenvalue weighted by Gasteiger charge is -2.09. The van der Waals surface area contributed by atoms with Crippen LogP contribution in [0.5, 0.6) is 5.75 Å². The minimum atomic E-state index is -0.0735. The van der Waals surface area contributed by atoms with Gasteiger partial charge >= 0.3 is 0 Å². The molecular formula is C21H25NO2. The van der Waals surface area contributed by atoms with E-state index in [1.54, 1.807) is 7.11 Å². The molecule has 0 aliphatic heterocycles. The molecule has 0 bridgehead atoms. The van der Waals surface area contributed by atoms with Gasteiger partial charge in [-0.15, -0.1) is 0 Å². The quantitative estimate of drug-likeness (QED) is 0.737. The van der Waals surface area contributed by atoms with Gasteiger partial charge in [0.05, 0.1) is 7.11 Å². The summed E-state index contributed by atoms with van der Waals surface area (Å²) < 4.78 is 5.12. The average molecular weight is 323 g/mol. The van der Waals surface area contributed by atoms with Crippen LogP contribution in [0.1, 0.15) is 44.2 Å². The molecule has 0 saturated heterocycles. The number of carbonyl (C=O) groups is 1. The molecule has 126 valence electrons. The van der Waals surface area contributed by atoms with Gasteiger partial charge < -0.3 is 10.1 Å². The Morgan fingerprint density at radius 3 is 2.21 bits per heavy atom. The number of amides is 1. The van der Waals surface area contributed by atoms with Crippen LogP contribution in [-0.4, -0.2) is 13.0 Å². The fourth-order valence-corrected chi connectivity index (χ4v) is 2.39. The van der Waals surface area contributed by atoms with Crippen molar-refractivity contribution in [2.24, 2.45) is 0 Å². The molecule has 0 unspecified atom stereocenters. The molecule has 0 spiro atoms. The molecular weight excluding hydrogens is 298 g/mol. The Morgan fingerprint density at radius 1 is 1.08 bits per heavy atom. The minimum Gasteiger partial charge on any atom is -0.497 e. The van der Waals surface area contributed by atoms with Crippen molar-refractivity contribution in [3.05, 3.63) is 65.2 Å². The number of benzene rings is 2. The normalized spacial score (nSPS) is 11.5. The highest BCUT2D eigenvalue weighted by atomic mass is 16.5. The highest BCUT2D eigenvalue weighted by Gasteiger charge is 2.08. The molecule has 2 aromatic carbocycles. The molecule has 0 aliphatic carbocycles. The van der Waals surface area contributed by atoms with E-state index >= 15 is 0 Å². The fraction of sp³-hybridized carbons (Fsp3) is 0.286. The summed E-state index contributed by atoms with van der Waals surface area (Å²) in [6.45, 7) is 6.33. The predicted octanol–water partition coefficient (Wildman–Crippen LogP) is 5.25. The zero-order valence-corrected chi connectivity index (χ0v) is 14.8. The van der Waals surface area contributed by atoms with Crippen molar-refractivity contribution >= 4 is 17.7 Å². The number of ether oxygens (including phenoxy) is 1. The van der Waals surface area contributed by atoms with Crippen LogP contribution in [0.25, 0.3) is 6.08 Å². The van der Waals surface area contributed by atoms with Gasteiger partial charge in [0.25, 0.3) is 5.91 Å². The zero-order chi connectivity index (χ0) is 17.5. The topological polar surface area (TPSA) is 38.3 Å². The van der Waals surface area contributed by atoms with Crippen LogP contribution in [-0.2, 0) is 4.79 Å². The fourth-order valence-electron chi connectivity index (χ4n) is 2.39. The SMILES string of the molecule is CC/C(=C\c1ccc(C(C)C)cc1)C(=O)Nc1ccc(OC)cc1. The summed E-state index contributed by atoms with van der Waals surface area (Å²) in [6.07, 6.45) is 2.62. The predicted molar refractivity (Wildman–Crippen MR) is 100 cm³/mol. The summed E-state index contributed by atoms with van der Waals surface area (Å²) in [5, 5.41) is 2.93. The first-order chi connectivity index (χ1) is 11.5. The molecule has 24 heavy (non-hydrogen) atoms. The molecule has 0 heterocycles. The number of hydrogen-bond acceptors (Lipinski definition) is 2. The third-order valence-corrected chi connectivity index (χ3v) is 3.96. The van der Waals surface area contributed by atoms with Crippen LogP contribution in [0.2, 0.25) is 0 Å². The van der Waals surface area contributed by atoms with Crippen molar-refractivity contribution in [2.75, 3.05) is 12.4 Å². The van der Waals surface area contributed by atoms with Gasteiger partial charge in [-0.3, -0.25) is 4.79 Å². The second-order valence-corrected chi connectivity index (χ2v) is 6.03. The number of methoxy groups -OCH3 is 1. The van der Waals surface area contributed by atoms with Crippen LogP contribution >= 0.6 is 0 Å². The van der Waals surface area contributed by atoms with Gasteiger partial charge in [-0.2, -0.15) is 0 Å². The Hall–Kier alpha value is -2.55. The molecule has 2 aromatic rings. The molecule has 0 atom stereocenters. The molecule has 2 rings (SSSR count). The van der Waals surface area contributed by atoms with Gasteiger partial charge in [-0.25, -0.2) is 0 Å². The van der Waals surface area contributed by atoms with Gasteiger partial charge in [0.1, 0.15) is 5.75 Å². The lowest BCUT2D eigenvalue weighted by molar-refractivity contribution is -0.112. The van der Waals surface area contributed by atoms with E-state index in [4.69, 9.17) is 4.74 Å². The smallest absolute Gasteiger partial charge is 0.251 e. The molecule has 0 radical (unpaired) electrons. The monoisotopic (exact) mass is 323 g/mol. The molecule has 3 nitrogen and oxygen atoms in total. The Balaban J connectivity index is 2.12. The second kappa shape index (κ2) is 8.34. The molecule has 0 aromatic heterocycles. The van der Waals surface area contributed by atoms with E-state index in [2.05, 4.69) is 43.4 Å². The van der Waals surface area contributed by atoms with E-state index in [0.717, 1.165) is 22.6 Å². The Bertz CT molecular complexity index is 698. The largest absolute Gasteiger partial charge is 0.497 e. The number of carbonyl (C=O) groups excluding carboxylic acids is 1. The minimum absolute atomic E-state index is 0.0735. The van der Waals surface area contributed by atoms with Crippen molar-refractivity contribution in [3.8, 4) is 5.75 Å². The number of nitrogens with one attached hydrogen (secondary N) is 1. The summed E-state index contributed by atoms with van der Waals surface area (Å²) in [5.41, 5.74) is 3.85. The van der Waals surface area contributed by atoms with Crippen LogP contribution in [0, 0.1) is 0 Å². The van der Waals surface area contributed by atoms with Crippen molar-refractivity contribution in [1.29, 1.82) is 0 Å². The lowest BCUT2D eigenvalue weighted by Crippen LogP contribution is -2.13. The highest BCUT2D eigenvalue weighted by Crippen LogP contribution is 2.19. The first-order valence-corrected chi connectivity index (χ1v) is 8.29. The van der Waals surface area contributed by atoms with Crippen LogP contribution in [0.3, 0.4) is 0 Å². The highest BCUT2D eigenvalue weighted by molar-refractivity contribution is 6.06. The van der Waals surface area contributed by atoms with Gasteiger partial charge in [-0.05, 0) is 53.8 Å². The third kappa shape index (κ3) is 4.72. The summed E-state index contributed by atoms with van der Waals surface area (Å²) in [4.78, 5) is 12.5. The van der Waals surface area contributed by atoms with E-state index in [-0.39, 0.29) is 5.91 Å². The standard InChI is InChI=1S/C21H25NO2/c1-5-17(14-16-6-8-18(9-7-16)15(2)3)21(23)22-19-10-12-20(24-4)13-11-19/h6-15H,5H2,1-4H3,(H,22,23)/b17-14+. The molecule has 1 N–H and O–H groups in total. The first kappa shape index (κ1) is 17.8. The van der Waals surface area contributed by atoms with Crippen molar-refractivity contribution < 1.29 is 9.53 Å². The maximum atomic E-state index is 12.5. The molecule has 0 fully saturated rings. The van der Waals surface area contributed by atoms with Crippen LogP contribution < -0.4 is 10.1 Å². The number of rotatable bonds is 6. The Kier molecular flexibility index (Phi) is 6.19. The van der Waals surface area contributed by atoms with Crippen molar-refractivity contribution in [2.45, 2.75) is 33.1 Å². The van der Waals surface area contributed by atoms with Gasteiger partial charge in [0.15, 0.2) is 0 Å². The van der Waals surface area contributed by atoms with Crippen molar-refractivity contribution in [1.82, 2.24) is 0 Å². The first-order valence-electron chi connectivity index (χ1n) is 8.29. The van der Waals surface area contributed by atoms with Gasteiger partial charge in [0, 0.05) is 11.3 Å². The van der Waals surface area contributed by atoms with Gasteiger partial charge in [0.2, 0.25) is 0 Å². The molecule has 0 saturated carbocycles. The summed E-state index contributed by atoms with van der Waals surface area (Å²) in [7, 11) is 1.62. The number of hydrogen-bond donors (Lipinski definition) is 1. The van der Waals surface area contributed by atoms with Crippen LogP contribution in [0.4, 0.5) is 5.69 Å². The molecule has 1 amide bonds. The Labute approximate surface area is 144 Å². The van der Waals surface area contributed by atoms with Gasteiger partial charge in [-0.1, -0.05) is 45.0 Å².